The van der Waals surface area contributed by atoms with Gasteiger partial charge in [-0.25, -0.2) is 9.98 Å². The van der Waals surface area contributed by atoms with E-state index in [9.17, 15) is 0 Å². The summed E-state index contributed by atoms with van der Waals surface area (Å²) in [6.07, 6.45) is 0. The second-order valence-corrected chi connectivity index (χ2v) is 28.5. The molecular formula is C104H84CuN4O12. The molecule has 0 saturated carbocycles. The fourth-order valence-corrected chi connectivity index (χ4v) is 16.2. The Morgan fingerprint density at radius 3 is 0.512 bits per heavy atom. The van der Waals surface area contributed by atoms with Crippen LogP contribution in [0.15, 0.2) is 313 Å². The first-order valence-electron chi connectivity index (χ1n) is 39.0. The van der Waals surface area contributed by atoms with Crippen molar-refractivity contribution in [3.63, 3.8) is 0 Å². The number of hydrogen-bond acceptors (Lipinski definition) is 14. The summed E-state index contributed by atoms with van der Waals surface area (Å²) in [5.74, 6) is 7.73. The average Bonchev–Trinajstić information content (AvgIpc) is 1.55. The van der Waals surface area contributed by atoms with E-state index in [0.717, 1.165) is 111 Å². The number of methoxy groups -OCH3 is 12. The molecule has 0 saturated heterocycles. The molecular weight excluding hydrogens is 1560 g/mol. The maximum absolute atomic E-state index is 6.53. The van der Waals surface area contributed by atoms with Crippen LogP contribution in [0.4, 0.5) is 0 Å². The van der Waals surface area contributed by atoms with E-state index in [1.807, 2.05) is 146 Å². The van der Waals surface area contributed by atoms with Gasteiger partial charge in [0.15, 0.2) is 0 Å². The minimum Gasteiger partial charge on any atom is -0.656 e. The van der Waals surface area contributed by atoms with Crippen LogP contribution >= 0.6 is 0 Å². The van der Waals surface area contributed by atoms with E-state index in [1.54, 1.807) is 85.3 Å². The summed E-state index contributed by atoms with van der Waals surface area (Å²) in [5.41, 5.74) is 21.4. The molecule has 3 aliphatic rings. The molecule has 2 aliphatic heterocycles. The van der Waals surface area contributed by atoms with E-state index in [0.29, 0.717) is 136 Å². The summed E-state index contributed by atoms with van der Waals surface area (Å²) >= 11 is 0. The van der Waals surface area contributed by atoms with Gasteiger partial charge in [-0.2, -0.15) is 0 Å². The van der Waals surface area contributed by atoms with Gasteiger partial charge in [-0.15, -0.1) is 22.1 Å². The van der Waals surface area contributed by atoms with E-state index in [2.05, 4.69) is 146 Å². The van der Waals surface area contributed by atoms with Crippen LogP contribution in [0.3, 0.4) is 0 Å². The molecule has 0 unspecified atom stereocenters. The number of ether oxygens (including phenoxy) is 12. The molecule has 8 bridgehead atoms. The number of aliphatic imine (C=N–C) groups is 2. The van der Waals surface area contributed by atoms with Crippen LogP contribution in [0.5, 0.6) is 69.0 Å². The van der Waals surface area contributed by atoms with Crippen molar-refractivity contribution in [1.82, 2.24) is 9.97 Å². The van der Waals surface area contributed by atoms with E-state index < -0.39 is 0 Å². The van der Waals surface area contributed by atoms with Crippen molar-refractivity contribution in [3.8, 4) is 114 Å². The number of aromatic nitrogens is 2. The second-order valence-electron chi connectivity index (χ2n) is 28.5. The van der Waals surface area contributed by atoms with Crippen LogP contribution in [0.2, 0.25) is 0 Å². The Hall–Kier alpha value is -14.6. The SMILES string of the molecule is COc1ccc(C2=C(c3ccc(OC)cc3)C3=C(c4ccc(OC)cc4)c4[n-]c(c(-c5ccc(OC)cc5)c4-c4ccc(OC)cc4)C(c4ccc(OC)cc4)=C4N=C(C(c5ccc(OC)cc5)=C4c4ccc(OC)cc4)C(c4ccc(OC)cc4)=c4[n-]c(c(-c5ccc(OC)cc5)c4-c4ccc(OC)cc4)=C(c4ccc(OC)cc4)C2=N3)cc1.[Cu+2]. The number of benzene rings is 12. The molecule has 1 radical (unpaired) electrons. The van der Waals surface area contributed by atoms with Gasteiger partial charge in [0, 0.05) is 22.3 Å². The molecule has 16 nitrogen and oxygen atoms in total. The predicted molar refractivity (Wildman–Crippen MR) is 476 cm³/mol. The largest absolute Gasteiger partial charge is 2.00 e. The smallest absolute Gasteiger partial charge is 0.656 e. The van der Waals surface area contributed by atoms with Crippen molar-refractivity contribution in [2.24, 2.45) is 9.98 Å². The Morgan fingerprint density at radius 1 is 0.165 bits per heavy atom. The van der Waals surface area contributed by atoms with Gasteiger partial charge in [0.2, 0.25) is 0 Å². The van der Waals surface area contributed by atoms with Crippen LogP contribution in [-0.2, 0) is 17.1 Å². The first-order valence-corrected chi connectivity index (χ1v) is 39.0. The fourth-order valence-electron chi connectivity index (χ4n) is 16.2. The fraction of sp³-hybridized carbons (Fsp3) is 0.115. The molecule has 0 N–H and O–H groups in total. The zero-order valence-corrected chi connectivity index (χ0v) is 69.6. The molecule has 17 rings (SSSR count). The molecule has 0 spiro atoms. The first kappa shape index (κ1) is 80.2. The summed E-state index contributed by atoms with van der Waals surface area (Å²) in [6, 6.07) is 98.1. The maximum atomic E-state index is 6.53. The van der Waals surface area contributed by atoms with E-state index >= 15 is 0 Å². The topological polar surface area (TPSA) is 164 Å². The van der Waals surface area contributed by atoms with Crippen LogP contribution in [0.1, 0.15) is 55.9 Å². The summed E-state index contributed by atoms with van der Waals surface area (Å²) in [4.78, 5) is 26.1. The van der Waals surface area contributed by atoms with E-state index in [4.69, 9.17) is 76.8 Å². The molecule has 1 aliphatic carbocycles. The molecule has 0 atom stereocenters. The number of allylic oxidation sites excluding steroid dienone is 4. The second kappa shape index (κ2) is 34.9. The van der Waals surface area contributed by atoms with Gasteiger partial charge in [-0.1, -0.05) is 146 Å². The first-order chi connectivity index (χ1) is 58.9. The molecule has 603 valence electrons. The Morgan fingerprint density at radius 2 is 0.322 bits per heavy atom. The molecule has 121 heavy (non-hydrogen) atoms. The molecule has 4 heterocycles. The zero-order valence-electron chi connectivity index (χ0n) is 68.7. The predicted octanol–water partition coefficient (Wildman–Crippen LogP) is 20.1. The molecule has 0 fully saturated rings. The minimum atomic E-state index is 0. The van der Waals surface area contributed by atoms with Crippen molar-refractivity contribution in [1.29, 1.82) is 0 Å². The summed E-state index contributed by atoms with van der Waals surface area (Å²) < 4.78 is 72.8. The average molecular weight is 1650 g/mol. The Kier molecular flexibility index (Phi) is 23.1. The zero-order chi connectivity index (χ0) is 82.7. The summed E-state index contributed by atoms with van der Waals surface area (Å²) in [5, 5.41) is 1.12. The molecule has 0 amide bonds. The number of nitrogens with zero attached hydrogens (tertiary/aromatic N) is 4. The van der Waals surface area contributed by atoms with Gasteiger partial charge in [0.1, 0.15) is 69.0 Å². The van der Waals surface area contributed by atoms with Gasteiger partial charge in [-0.05, 0) is 257 Å². The van der Waals surface area contributed by atoms with Crippen LogP contribution < -0.4 is 77.5 Å². The molecule has 17 heteroatoms. The Labute approximate surface area is 713 Å². The van der Waals surface area contributed by atoms with Gasteiger partial charge in [0.05, 0.1) is 108 Å². The molecule has 12 aromatic carbocycles. The van der Waals surface area contributed by atoms with Gasteiger partial charge in [-0.3, -0.25) is 0 Å². The number of rotatable bonds is 24. The number of hydrogen-bond donors (Lipinski definition) is 0. The van der Waals surface area contributed by atoms with E-state index in [-0.39, 0.29) is 17.1 Å². The van der Waals surface area contributed by atoms with E-state index in [1.165, 1.54) is 0 Å². The Balaban J connectivity index is 0.0000109. The summed E-state index contributed by atoms with van der Waals surface area (Å²) in [7, 11) is 20.1. The maximum Gasteiger partial charge on any atom is 2.00 e. The van der Waals surface area contributed by atoms with Crippen molar-refractivity contribution in [2.45, 2.75) is 0 Å². The van der Waals surface area contributed by atoms with Crippen molar-refractivity contribution >= 4 is 56.0 Å². The Bertz CT molecular complexity index is 6130. The quantitative estimate of drug-likeness (QED) is 0.0525. The van der Waals surface area contributed by atoms with Crippen molar-refractivity contribution < 1.29 is 73.9 Å². The van der Waals surface area contributed by atoms with Gasteiger partial charge in [0.25, 0.3) is 0 Å². The van der Waals surface area contributed by atoms with Crippen LogP contribution in [0, 0.1) is 0 Å². The van der Waals surface area contributed by atoms with Gasteiger partial charge < -0.3 is 66.8 Å². The molecule has 2 aromatic heterocycles. The van der Waals surface area contributed by atoms with Crippen molar-refractivity contribution in [3.05, 3.63) is 369 Å². The third-order valence-corrected chi connectivity index (χ3v) is 22.2. The summed E-state index contributed by atoms with van der Waals surface area (Å²) in [6.45, 7) is 0. The van der Waals surface area contributed by atoms with Crippen LogP contribution in [-0.4, -0.2) is 96.7 Å². The monoisotopic (exact) mass is 1640 g/mol. The normalized spacial score (nSPS) is 13.0. The number of fused-ring (bicyclic) bond motifs is 10. The van der Waals surface area contributed by atoms with Gasteiger partial charge >= 0.3 is 17.1 Å². The standard InChI is InChI=1S/C104H84N4O12.Cu/c1-109-73-37-13-61(14-38-73)85-86(62-15-39-74(110-2)40-16-62)98-94(70-31-55-82(118-10)56-32-70)100-89(65-21-45-77(113-5)46-22-65)90(66-23-47-78(114-6)48-24-66)102(107-100)96(72-35-59-84(120-12)60-36-72)104-92(68-27-51-80(116-8)52-28-68)91(67-25-49-79(115-7)50-26-67)103(108-104)95(71-33-57-83(119-11)58-34-71)101-88(64-19-43-76(112-4)44-20-64)87(63-17-41-75(111-3)42-18-63)99(106-101)93(97(85)105-98)69-29-53-81(117-9)54-30-69;/h13-60H,1-12H3;/q-2;+2. The minimum absolute atomic E-state index is 0. The molecule has 14 aromatic rings. The van der Waals surface area contributed by atoms with Crippen molar-refractivity contribution in [2.75, 3.05) is 85.3 Å². The van der Waals surface area contributed by atoms with Crippen LogP contribution in [0.25, 0.3) is 89.1 Å². The third-order valence-electron chi connectivity index (χ3n) is 22.2. The third kappa shape index (κ3) is 15.1.